The van der Waals surface area contributed by atoms with E-state index in [9.17, 15) is 21.6 Å². The summed E-state index contributed by atoms with van der Waals surface area (Å²) in [5.41, 5.74) is 3.99. The average Bonchev–Trinajstić information content (AvgIpc) is 3.22. The van der Waals surface area contributed by atoms with E-state index in [1.54, 1.807) is 6.92 Å². The Kier molecular flexibility index (Phi) is 5.55. The van der Waals surface area contributed by atoms with Gasteiger partial charge in [-0.1, -0.05) is 0 Å². The van der Waals surface area contributed by atoms with Gasteiger partial charge in [-0.15, -0.1) is 12.4 Å². The summed E-state index contributed by atoms with van der Waals surface area (Å²) in [6.45, 7) is 1.85. The van der Waals surface area contributed by atoms with Crippen LogP contribution < -0.4 is 10.5 Å². The van der Waals surface area contributed by atoms with E-state index in [0.717, 1.165) is 37.1 Å². The Bertz CT molecular complexity index is 615. The molecule has 0 radical (unpaired) electrons. The fourth-order valence-electron chi connectivity index (χ4n) is 2.20. The number of halogens is 4. The Labute approximate surface area is 133 Å². The monoisotopic (exact) mass is 358 g/mol. The number of rotatable bonds is 5. The minimum Gasteiger partial charge on any atom is -0.329 e. The fourth-order valence-corrected chi connectivity index (χ4v) is 3.68. The molecule has 1 saturated carbocycles. The van der Waals surface area contributed by atoms with Crippen molar-refractivity contribution in [2.45, 2.75) is 36.4 Å². The lowest BCUT2D eigenvalue weighted by atomic mass is 9.98. The van der Waals surface area contributed by atoms with Crippen molar-refractivity contribution in [2.75, 3.05) is 6.54 Å². The third-order valence-electron chi connectivity index (χ3n) is 3.76. The maximum atomic E-state index is 12.5. The van der Waals surface area contributed by atoms with Crippen LogP contribution in [-0.4, -0.2) is 20.5 Å². The number of sulfonamides is 1. The first kappa shape index (κ1) is 19.2. The van der Waals surface area contributed by atoms with Gasteiger partial charge in [-0.25, -0.2) is 13.1 Å². The van der Waals surface area contributed by atoms with Gasteiger partial charge in [0.15, 0.2) is 0 Å². The van der Waals surface area contributed by atoms with E-state index < -0.39 is 27.3 Å². The molecule has 0 aliphatic heterocycles. The van der Waals surface area contributed by atoms with Gasteiger partial charge in [0.2, 0.25) is 10.0 Å². The summed E-state index contributed by atoms with van der Waals surface area (Å²) in [6, 6.07) is 3.42. The zero-order valence-electron chi connectivity index (χ0n) is 11.9. The molecule has 0 saturated heterocycles. The molecule has 126 valence electrons. The van der Waals surface area contributed by atoms with E-state index in [4.69, 9.17) is 5.73 Å². The largest absolute Gasteiger partial charge is 0.416 e. The van der Waals surface area contributed by atoms with Crippen LogP contribution in [0.4, 0.5) is 13.2 Å². The summed E-state index contributed by atoms with van der Waals surface area (Å²) in [7, 11) is -3.89. The molecule has 1 fully saturated rings. The maximum Gasteiger partial charge on any atom is 0.416 e. The van der Waals surface area contributed by atoms with E-state index >= 15 is 0 Å². The van der Waals surface area contributed by atoms with Gasteiger partial charge in [0.05, 0.1) is 10.5 Å². The van der Waals surface area contributed by atoms with Gasteiger partial charge in [-0.05, 0) is 49.9 Å². The smallest absolute Gasteiger partial charge is 0.329 e. The van der Waals surface area contributed by atoms with E-state index in [0.29, 0.717) is 0 Å². The average molecular weight is 359 g/mol. The highest BCUT2D eigenvalue weighted by Gasteiger charge is 2.43. The first-order valence-electron chi connectivity index (χ1n) is 6.50. The molecule has 0 spiro atoms. The third kappa shape index (κ3) is 4.13. The number of nitrogens with one attached hydrogen (secondary N) is 1. The molecular weight excluding hydrogens is 341 g/mol. The topological polar surface area (TPSA) is 72.2 Å². The van der Waals surface area contributed by atoms with Gasteiger partial charge in [-0.2, -0.15) is 13.2 Å². The summed E-state index contributed by atoms with van der Waals surface area (Å²) in [6.07, 6.45) is -2.71. The number of hydrogen-bond donors (Lipinski definition) is 2. The molecule has 1 aromatic rings. The Hall–Kier alpha value is -0.830. The predicted octanol–water partition coefficient (Wildman–Crippen LogP) is 2.53. The van der Waals surface area contributed by atoms with Crippen LogP contribution in [0.5, 0.6) is 0 Å². The minimum atomic E-state index is -4.49. The highest BCUT2D eigenvalue weighted by atomic mass is 35.5. The molecule has 3 N–H and O–H groups in total. The lowest BCUT2D eigenvalue weighted by Gasteiger charge is -2.29. The Balaban J connectivity index is 0.00000242. The van der Waals surface area contributed by atoms with E-state index in [2.05, 4.69) is 4.72 Å². The van der Waals surface area contributed by atoms with Crippen LogP contribution in [0, 0.1) is 5.92 Å². The van der Waals surface area contributed by atoms with Gasteiger partial charge in [-0.3, -0.25) is 0 Å². The predicted molar refractivity (Wildman–Crippen MR) is 79.2 cm³/mol. The zero-order chi connectivity index (χ0) is 15.9. The van der Waals surface area contributed by atoms with Gasteiger partial charge in [0.25, 0.3) is 0 Å². The summed E-state index contributed by atoms with van der Waals surface area (Å²) in [5.74, 6) is 0.173. The number of alkyl halides is 3. The molecule has 0 heterocycles. The minimum absolute atomic E-state index is 0. The van der Waals surface area contributed by atoms with Crippen molar-refractivity contribution in [1.82, 2.24) is 4.72 Å². The lowest BCUT2D eigenvalue weighted by molar-refractivity contribution is -0.137. The number of nitrogens with two attached hydrogens (primary N) is 1. The van der Waals surface area contributed by atoms with Crippen LogP contribution in [0.2, 0.25) is 0 Å². The van der Waals surface area contributed by atoms with E-state index in [1.165, 1.54) is 0 Å². The van der Waals surface area contributed by atoms with Crippen LogP contribution in [0.25, 0.3) is 0 Å². The molecular formula is C13H18ClF3N2O2S. The Morgan fingerprint density at radius 2 is 1.73 bits per heavy atom. The molecule has 22 heavy (non-hydrogen) atoms. The molecule has 1 aliphatic carbocycles. The number of hydrogen-bond acceptors (Lipinski definition) is 3. The van der Waals surface area contributed by atoms with Crippen LogP contribution >= 0.6 is 12.4 Å². The Morgan fingerprint density at radius 1 is 1.23 bits per heavy atom. The van der Waals surface area contributed by atoms with Crippen molar-refractivity contribution in [3.05, 3.63) is 29.8 Å². The standard InChI is InChI=1S/C13H17F3N2O2S.ClH/c1-12(8-17,9-2-3-9)18-21(19,20)11-6-4-10(5-7-11)13(14,15)16;/h4-7,9,18H,2-3,8,17H2,1H3;1H. The highest BCUT2D eigenvalue weighted by Crippen LogP contribution is 2.39. The second kappa shape index (κ2) is 6.35. The van der Waals surface area contributed by atoms with Crippen molar-refractivity contribution < 1.29 is 21.6 Å². The summed E-state index contributed by atoms with van der Waals surface area (Å²) >= 11 is 0. The summed E-state index contributed by atoms with van der Waals surface area (Å²) in [5, 5.41) is 0. The first-order chi connectivity index (χ1) is 9.58. The SMILES string of the molecule is CC(CN)(NS(=O)(=O)c1ccc(C(F)(F)F)cc1)C1CC1.Cl. The van der Waals surface area contributed by atoms with E-state index in [1.807, 2.05) is 0 Å². The van der Waals surface area contributed by atoms with Crippen molar-refractivity contribution in [3.8, 4) is 0 Å². The second-order valence-electron chi connectivity index (χ2n) is 5.52. The molecule has 0 bridgehead atoms. The van der Waals surface area contributed by atoms with Gasteiger partial charge in [0, 0.05) is 12.1 Å². The zero-order valence-corrected chi connectivity index (χ0v) is 13.5. The molecule has 2 rings (SSSR count). The molecule has 0 amide bonds. The van der Waals surface area contributed by atoms with Gasteiger partial charge in [0.1, 0.15) is 0 Å². The van der Waals surface area contributed by atoms with Crippen LogP contribution in [0.1, 0.15) is 25.3 Å². The number of benzene rings is 1. The molecule has 9 heteroatoms. The van der Waals surface area contributed by atoms with Crippen molar-refractivity contribution in [2.24, 2.45) is 11.7 Å². The van der Waals surface area contributed by atoms with Crippen LogP contribution in [0.15, 0.2) is 29.2 Å². The molecule has 1 atom stereocenters. The molecule has 1 aromatic carbocycles. The van der Waals surface area contributed by atoms with E-state index in [-0.39, 0.29) is 29.8 Å². The lowest BCUT2D eigenvalue weighted by Crippen LogP contribution is -2.52. The molecule has 1 aliphatic rings. The van der Waals surface area contributed by atoms with Crippen molar-refractivity contribution >= 4 is 22.4 Å². The Morgan fingerprint density at radius 3 is 2.09 bits per heavy atom. The van der Waals surface area contributed by atoms with Gasteiger partial charge < -0.3 is 5.73 Å². The van der Waals surface area contributed by atoms with Crippen LogP contribution in [0.3, 0.4) is 0 Å². The quantitative estimate of drug-likeness (QED) is 0.849. The van der Waals surface area contributed by atoms with Crippen molar-refractivity contribution in [1.29, 1.82) is 0 Å². The summed E-state index contributed by atoms with van der Waals surface area (Å²) < 4.78 is 64.4. The maximum absolute atomic E-state index is 12.5. The van der Waals surface area contributed by atoms with Gasteiger partial charge >= 0.3 is 6.18 Å². The third-order valence-corrected chi connectivity index (χ3v) is 5.39. The molecule has 1 unspecified atom stereocenters. The summed E-state index contributed by atoms with van der Waals surface area (Å²) in [4.78, 5) is -0.198. The fraction of sp³-hybridized carbons (Fsp3) is 0.538. The van der Waals surface area contributed by atoms with Crippen molar-refractivity contribution in [3.63, 3.8) is 0 Å². The highest BCUT2D eigenvalue weighted by molar-refractivity contribution is 7.89. The first-order valence-corrected chi connectivity index (χ1v) is 7.98. The van der Waals surface area contributed by atoms with Crippen LogP contribution in [-0.2, 0) is 16.2 Å². The molecule has 0 aromatic heterocycles. The normalized spacial score (nSPS) is 18.4. The second-order valence-corrected chi connectivity index (χ2v) is 7.21. The molecule has 4 nitrogen and oxygen atoms in total.